The number of para-hydroxylation sites is 1. The van der Waals surface area contributed by atoms with E-state index in [2.05, 4.69) is 5.32 Å². The maximum Gasteiger partial charge on any atom is 0.408 e. The molecule has 0 spiro atoms. The number of amides is 1. The smallest absolute Gasteiger partial charge is 0.408 e. The van der Waals surface area contributed by atoms with Crippen molar-refractivity contribution in [2.75, 3.05) is 52.8 Å². The van der Waals surface area contributed by atoms with Gasteiger partial charge in [0.15, 0.2) is 18.7 Å². The van der Waals surface area contributed by atoms with Gasteiger partial charge in [0, 0.05) is 30.0 Å². The standard InChI is InChI=1S/C41H51N3O19/c1-3-41(24-15-26-29-22(14-21-6-4-5-7-25(21)43-29)16-44(26)36(52)23(24)19-58-39(41)53)63-40(54)42-8-9-55-10-11-56-12-13-57-38-35(32(50)30(48)27(17-45)61-38)62-37-33(51)34(59-20(2)47)31(49)28(18-46)60-37/h4-7,14-15,27-28,30-35,37-38,45-46,48-51H,3,8-13,16-19H2,1-2H3,(H,42,54)/t27-,28-,30-,31-,32+,33-,34+,35+,37-,38-,41+/m1/s1. The van der Waals surface area contributed by atoms with E-state index in [4.69, 9.17) is 47.6 Å². The van der Waals surface area contributed by atoms with Gasteiger partial charge in [0.2, 0.25) is 5.60 Å². The van der Waals surface area contributed by atoms with Crippen molar-refractivity contribution in [2.45, 2.75) is 100 Å². The molecule has 7 N–H and O–H groups in total. The number of fused-ring (bicyclic) bond motifs is 5. The normalized spacial score (nSPS) is 29.9. The van der Waals surface area contributed by atoms with Crippen LogP contribution in [0.15, 0.2) is 41.2 Å². The van der Waals surface area contributed by atoms with Crippen molar-refractivity contribution in [2.24, 2.45) is 0 Å². The van der Waals surface area contributed by atoms with Gasteiger partial charge in [-0.15, -0.1) is 0 Å². The van der Waals surface area contributed by atoms with Gasteiger partial charge in [-0.3, -0.25) is 9.59 Å². The number of hydrogen-bond donors (Lipinski definition) is 7. The van der Waals surface area contributed by atoms with Crippen LogP contribution in [0.25, 0.3) is 22.3 Å². The molecule has 1 amide bonds. The number of pyridine rings is 2. The van der Waals surface area contributed by atoms with Crippen molar-refractivity contribution < 1.29 is 87.7 Å². The van der Waals surface area contributed by atoms with Crippen LogP contribution in [-0.2, 0) is 71.0 Å². The lowest BCUT2D eigenvalue weighted by Gasteiger charge is -2.46. The average Bonchev–Trinajstić information content (AvgIpc) is 3.63. The van der Waals surface area contributed by atoms with Gasteiger partial charge in [0.1, 0.15) is 49.3 Å². The Morgan fingerprint density at radius 1 is 0.889 bits per heavy atom. The highest BCUT2D eigenvalue weighted by Gasteiger charge is 2.53. The first-order valence-electron chi connectivity index (χ1n) is 20.5. The van der Waals surface area contributed by atoms with E-state index < -0.39 is 98.3 Å². The van der Waals surface area contributed by atoms with Crippen molar-refractivity contribution >= 4 is 28.9 Å². The zero-order valence-electron chi connectivity index (χ0n) is 34.4. The summed E-state index contributed by atoms with van der Waals surface area (Å²) >= 11 is 0. The monoisotopic (exact) mass is 889 g/mol. The van der Waals surface area contributed by atoms with Crippen molar-refractivity contribution in [3.63, 3.8) is 0 Å². The summed E-state index contributed by atoms with van der Waals surface area (Å²) in [5, 5.41) is 65.4. The van der Waals surface area contributed by atoms with Gasteiger partial charge in [0.05, 0.1) is 75.3 Å². The van der Waals surface area contributed by atoms with Crippen LogP contribution in [0.5, 0.6) is 0 Å². The Morgan fingerprint density at radius 3 is 2.32 bits per heavy atom. The molecule has 63 heavy (non-hydrogen) atoms. The Labute approximate surface area is 359 Å². The molecule has 3 aromatic rings. The molecule has 1 aromatic carbocycles. The van der Waals surface area contributed by atoms with Crippen LogP contribution in [0.2, 0.25) is 0 Å². The lowest BCUT2D eigenvalue weighted by molar-refractivity contribution is -0.368. The third-order valence-electron chi connectivity index (χ3n) is 11.3. The summed E-state index contributed by atoms with van der Waals surface area (Å²) in [6, 6.07) is 11.3. The number of esters is 2. The number of ether oxygens (including phenoxy) is 9. The number of aliphatic hydroxyl groups is 6. The van der Waals surface area contributed by atoms with Crippen LogP contribution in [-0.4, -0.2) is 172 Å². The Morgan fingerprint density at radius 2 is 1.59 bits per heavy atom. The maximum absolute atomic E-state index is 13.8. The van der Waals surface area contributed by atoms with Crippen molar-refractivity contribution in [1.29, 1.82) is 0 Å². The van der Waals surface area contributed by atoms with Gasteiger partial charge in [-0.2, -0.15) is 0 Å². The Hall–Kier alpha value is -4.69. The summed E-state index contributed by atoms with van der Waals surface area (Å²) in [5.74, 6) is -1.65. The zero-order valence-corrected chi connectivity index (χ0v) is 34.4. The number of aromatic nitrogens is 2. The quantitative estimate of drug-likeness (QED) is 0.0345. The minimum Gasteiger partial charge on any atom is -0.457 e. The highest BCUT2D eigenvalue weighted by atomic mass is 16.8. The Balaban J connectivity index is 0.871. The summed E-state index contributed by atoms with van der Waals surface area (Å²) in [7, 11) is 0. The lowest BCUT2D eigenvalue weighted by Crippen LogP contribution is -2.65. The molecular weight excluding hydrogens is 838 g/mol. The first-order chi connectivity index (χ1) is 30.3. The lowest BCUT2D eigenvalue weighted by atomic mass is 9.85. The summed E-state index contributed by atoms with van der Waals surface area (Å²) in [4.78, 5) is 56.6. The molecule has 22 heteroatoms. The molecule has 0 bridgehead atoms. The van der Waals surface area contributed by atoms with E-state index >= 15 is 0 Å². The molecule has 2 aromatic heterocycles. The third-order valence-corrected chi connectivity index (χ3v) is 11.3. The highest BCUT2D eigenvalue weighted by Crippen LogP contribution is 2.41. The fraction of sp³-hybridized carbons (Fsp3) is 0.585. The van der Waals surface area contributed by atoms with Gasteiger partial charge < -0.3 is 83.2 Å². The number of alkyl carbamates (subject to hydrolysis) is 1. The van der Waals surface area contributed by atoms with E-state index in [1.165, 1.54) is 0 Å². The number of rotatable bonds is 17. The number of nitrogens with one attached hydrogen (secondary N) is 1. The third kappa shape index (κ3) is 9.44. The summed E-state index contributed by atoms with van der Waals surface area (Å²) in [6.07, 6.45) is -16.7. The molecule has 7 rings (SSSR count). The Bertz CT molecular complexity index is 2190. The van der Waals surface area contributed by atoms with Crippen LogP contribution in [0, 0.1) is 0 Å². The van der Waals surface area contributed by atoms with Crippen molar-refractivity contribution in [3.8, 4) is 11.4 Å². The number of cyclic esters (lactones) is 1. The second kappa shape index (κ2) is 20.0. The number of carbonyl (C=O) groups excluding carboxylic acids is 3. The molecule has 2 saturated heterocycles. The molecule has 0 aliphatic carbocycles. The number of aliphatic hydroxyl groups excluding tert-OH is 6. The van der Waals surface area contributed by atoms with Crippen LogP contribution in [0.4, 0.5) is 4.79 Å². The SMILES string of the molecule is CC[C@@]1(OC(=O)NCCOCCOCCO[C@@H]2O[C@H](CO)[C@@H](O)[C@H](O)[C@@H]2O[C@H]2O[C@H](CO)[C@@H](O)[C@H](OC(C)=O)[C@H]2O)C(=O)OCc2c1cc1n(c2=O)Cc2cc3ccccc3nc2-1. The Kier molecular flexibility index (Phi) is 14.7. The number of nitrogens with zero attached hydrogens (tertiary/aromatic N) is 2. The van der Waals surface area contributed by atoms with E-state index in [-0.39, 0.29) is 69.3 Å². The summed E-state index contributed by atoms with van der Waals surface area (Å²) in [5.41, 5.74) is 0.919. The number of benzene rings is 1. The first kappa shape index (κ1) is 46.3. The maximum atomic E-state index is 13.8. The van der Waals surface area contributed by atoms with E-state index in [1.54, 1.807) is 17.6 Å². The van der Waals surface area contributed by atoms with Crippen LogP contribution in [0.1, 0.15) is 37.0 Å². The average molecular weight is 890 g/mol. The van der Waals surface area contributed by atoms with Gasteiger partial charge >= 0.3 is 18.0 Å². The molecule has 0 saturated carbocycles. The molecular formula is C41H51N3O19. The second-order valence-corrected chi connectivity index (χ2v) is 15.3. The zero-order chi connectivity index (χ0) is 45.0. The summed E-state index contributed by atoms with van der Waals surface area (Å²) < 4.78 is 51.3. The fourth-order valence-electron chi connectivity index (χ4n) is 8.03. The summed E-state index contributed by atoms with van der Waals surface area (Å²) in [6.45, 7) is 1.23. The minimum absolute atomic E-state index is 0.0119. The molecule has 344 valence electrons. The fourth-order valence-corrected chi connectivity index (χ4v) is 8.03. The van der Waals surface area contributed by atoms with E-state index in [9.17, 15) is 49.8 Å². The molecule has 6 heterocycles. The molecule has 22 nitrogen and oxygen atoms in total. The number of carbonyl (C=O) groups is 3. The van der Waals surface area contributed by atoms with Gasteiger partial charge in [0.25, 0.3) is 5.56 Å². The molecule has 0 radical (unpaired) electrons. The molecule has 11 atom stereocenters. The van der Waals surface area contributed by atoms with Gasteiger partial charge in [-0.05, 0) is 24.6 Å². The predicted octanol–water partition coefficient (Wildman–Crippen LogP) is -1.94. The van der Waals surface area contributed by atoms with E-state index in [0.29, 0.717) is 17.9 Å². The largest absolute Gasteiger partial charge is 0.457 e. The topological polar surface area (TPSA) is 303 Å². The van der Waals surface area contributed by atoms with Crippen molar-refractivity contribution in [3.05, 3.63) is 63.4 Å². The van der Waals surface area contributed by atoms with Crippen LogP contribution in [0.3, 0.4) is 0 Å². The highest BCUT2D eigenvalue weighted by molar-refractivity contribution is 5.88. The van der Waals surface area contributed by atoms with Crippen molar-refractivity contribution in [1.82, 2.24) is 14.9 Å². The first-order valence-corrected chi connectivity index (χ1v) is 20.5. The number of hydrogen-bond acceptors (Lipinski definition) is 20. The minimum atomic E-state index is -1.89. The molecule has 4 aliphatic rings. The van der Waals surface area contributed by atoms with E-state index in [0.717, 1.165) is 23.4 Å². The molecule has 2 fully saturated rings. The predicted molar refractivity (Wildman–Crippen MR) is 210 cm³/mol. The van der Waals surface area contributed by atoms with Crippen LogP contribution < -0.4 is 10.9 Å². The van der Waals surface area contributed by atoms with Gasteiger partial charge in [-0.1, -0.05) is 25.1 Å². The van der Waals surface area contributed by atoms with Gasteiger partial charge in [-0.25, -0.2) is 14.6 Å². The van der Waals surface area contributed by atoms with E-state index in [1.807, 2.05) is 30.3 Å². The second-order valence-electron chi connectivity index (χ2n) is 15.3. The molecule has 4 aliphatic heterocycles. The molecule has 0 unspecified atom stereocenters. The van der Waals surface area contributed by atoms with Crippen LogP contribution >= 0.6 is 0 Å².